The first-order valence-electron chi connectivity index (χ1n) is 13.1. The van der Waals surface area contributed by atoms with Crippen molar-refractivity contribution in [2.24, 2.45) is 0 Å². The number of para-hydroxylation sites is 1. The number of rotatable bonds is 8. The van der Waals surface area contributed by atoms with Gasteiger partial charge in [0.1, 0.15) is 0 Å². The maximum absolute atomic E-state index is 14.2. The molecule has 0 aromatic heterocycles. The molecule has 5 aromatic rings. The summed E-state index contributed by atoms with van der Waals surface area (Å²) in [6.07, 6.45) is 0. The van der Waals surface area contributed by atoms with E-state index < -0.39 is 5.97 Å². The molecule has 6 nitrogen and oxygen atoms in total. The minimum atomic E-state index is -1.07. The largest absolute Gasteiger partial charge is 0.478 e. The van der Waals surface area contributed by atoms with Crippen LogP contribution in [0.5, 0.6) is 0 Å². The summed E-state index contributed by atoms with van der Waals surface area (Å²) in [4.78, 5) is 42.1. The van der Waals surface area contributed by atoms with Gasteiger partial charge in [0.25, 0.3) is 11.8 Å². The average Bonchev–Trinajstić information content (AvgIpc) is 3.03. The normalized spacial score (nSPS) is 10.6. The molecule has 0 aliphatic heterocycles. The third kappa shape index (κ3) is 6.07. The van der Waals surface area contributed by atoms with Gasteiger partial charge in [-0.15, -0.1) is 0 Å². The number of hydrogen-bond donors (Lipinski definition) is 1. The molecule has 41 heavy (non-hydrogen) atoms. The Labute approximate surface area is 238 Å². The first-order valence-corrected chi connectivity index (χ1v) is 13.1. The Morgan fingerprint density at radius 1 is 0.610 bits per heavy atom. The standard InChI is InChI=1S/C35H28N2O4/c1-36(29-14-6-3-7-15-29)33(38)27-21-19-25(20-22-27)24-37(30-16-10-13-28(23-30)35(40)41)34(39)32-18-9-8-17-31(32)26-11-4-2-5-12-26/h2-23H,24H2,1H3,(H,40,41). The van der Waals surface area contributed by atoms with E-state index in [0.29, 0.717) is 16.8 Å². The van der Waals surface area contributed by atoms with E-state index in [1.165, 1.54) is 12.1 Å². The van der Waals surface area contributed by atoms with Crippen LogP contribution in [0.15, 0.2) is 133 Å². The molecule has 0 heterocycles. The zero-order chi connectivity index (χ0) is 28.8. The highest BCUT2D eigenvalue weighted by Crippen LogP contribution is 2.28. The van der Waals surface area contributed by atoms with Gasteiger partial charge >= 0.3 is 5.97 Å². The third-order valence-electron chi connectivity index (χ3n) is 6.88. The topological polar surface area (TPSA) is 77.9 Å². The molecule has 0 aliphatic carbocycles. The van der Waals surface area contributed by atoms with E-state index in [1.807, 2.05) is 91.0 Å². The molecule has 0 radical (unpaired) electrons. The Morgan fingerprint density at radius 2 is 1.22 bits per heavy atom. The smallest absolute Gasteiger partial charge is 0.335 e. The van der Waals surface area contributed by atoms with Crippen LogP contribution < -0.4 is 9.80 Å². The molecule has 2 amide bonds. The number of amides is 2. The van der Waals surface area contributed by atoms with E-state index in [2.05, 4.69) is 0 Å². The lowest BCUT2D eigenvalue weighted by molar-refractivity contribution is 0.0696. The van der Waals surface area contributed by atoms with Gasteiger partial charge in [-0.1, -0.05) is 84.9 Å². The van der Waals surface area contributed by atoms with Crippen molar-refractivity contribution in [1.29, 1.82) is 0 Å². The van der Waals surface area contributed by atoms with Crippen molar-refractivity contribution in [3.63, 3.8) is 0 Å². The van der Waals surface area contributed by atoms with Crippen molar-refractivity contribution in [3.8, 4) is 11.1 Å². The Kier molecular flexibility index (Phi) is 8.02. The lowest BCUT2D eigenvalue weighted by Gasteiger charge is -2.25. The highest BCUT2D eigenvalue weighted by Gasteiger charge is 2.23. The number of anilines is 2. The number of carbonyl (C=O) groups excluding carboxylic acids is 2. The van der Waals surface area contributed by atoms with Crippen LogP contribution in [0.4, 0.5) is 11.4 Å². The summed E-state index contributed by atoms with van der Waals surface area (Å²) in [5.41, 5.74) is 4.81. The van der Waals surface area contributed by atoms with Crippen LogP contribution in [-0.4, -0.2) is 29.9 Å². The molecule has 0 bridgehead atoms. The van der Waals surface area contributed by atoms with Gasteiger partial charge < -0.3 is 14.9 Å². The van der Waals surface area contributed by atoms with E-state index >= 15 is 0 Å². The van der Waals surface area contributed by atoms with Gasteiger partial charge in [-0.25, -0.2) is 4.79 Å². The molecule has 0 saturated heterocycles. The molecule has 0 saturated carbocycles. The molecule has 5 aromatic carbocycles. The molecule has 6 heteroatoms. The molecule has 0 unspecified atom stereocenters. The number of carbonyl (C=O) groups is 3. The second-order valence-corrected chi connectivity index (χ2v) is 9.56. The van der Waals surface area contributed by atoms with Gasteiger partial charge in [-0.3, -0.25) is 9.59 Å². The van der Waals surface area contributed by atoms with E-state index in [1.54, 1.807) is 47.2 Å². The first-order chi connectivity index (χ1) is 19.9. The summed E-state index contributed by atoms with van der Waals surface area (Å²) in [6.45, 7) is 0.175. The third-order valence-corrected chi connectivity index (χ3v) is 6.88. The summed E-state index contributed by atoms with van der Waals surface area (Å²) >= 11 is 0. The molecular formula is C35H28N2O4. The average molecular weight is 541 g/mol. The minimum absolute atomic E-state index is 0.0848. The molecule has 1 N–H and O–H groups in total. The molecule has 0 aliphatic rings. The van der Waals surface area contributed by atoms with Gasteiger partial charge in [0.05, 0.1) is 12.1 Å². The Hall–Kier alpha value is -5.49. The Morgan fingerprint density at radius 3 is 1.90 bits per heavy atom. The molecule has 0 spiro atoms. The van der Waals surface area contributed by atoms with E-state index in [-0.39, 0.29) is 23.9 Å². The zero-order valence-corrected chi connectivity index (χ0v) is 22.5. The van der Waals surface area contributed by atoms with Gasteiger partial charge in [0.2, 0.25) is 0 Å². The summed E-state index contributed by atoms with van der Waals surface area (Å²) in [5, 5.41) is 9.60. The molecular weight excluding hydrogens is 512 g/mol. The van der Waals surface area contributed by atoms with Crippen molar-refractivity contribution < 1.29 is 19.5 Å². The number of aromatic carboxylic acids is 1. The van der Waals surface area contributed by atoms with Crippen LogP contribution in [0, 0.1) is 0 Å². The van der Waals surface area contributed by atoms with Crippen LogP contribution in [0.2, 0.25) is 0 Å². The highest BCUT2D eigenvalue weighted by molar-refractivity contribution is 6.10. The lowest BCUT2D eigenvalue weighted by Crippen LogP contribution is -2.31. The molecule has 5 rings (SSSR count). The van der Waals surface area contributed by atoms with Crippen molar-refractivity contribution in [1.82, 2.24) is 0 Å². The quantitative estimate of drug-likeness (QED) is 0.226. The van der Waals surface area contributed by atoms with Crippen molar-refractivity contribution >= 4 is 29.2 Å². The maximum atomic E-state index is 14.2. The highest BCUT2D eigenvalue weighted by atomic mass is 16.4. The second-order valence-electron chi connectivity index (χ2n) is 9.56. The number of benzene rings is 5. The minimum Gasteiger partial charge on any atom is -0.478 e. The van der Waals surface area contributed by atoms with Crippen LogP contribution in [-0.2, 0) is 6.54 Å². The summed E-state index contributed by atoms with van der Waals surface area (Å²) < 4.78 is 0. The van der Waals surface area contributed by atoms with E-state index in [0.717, 1.165) is 22.4 Å². The number of carboxylic acids is 1. The van der Waals surface area contributed by atoms with E-state index in [9.17, 15) is 19.5 Å². The fourth-order valence-electron chi connectivity index (χ4n) is 4.67. The van der Waals surface area contributed by atoms with Gasteiger partial charge in [0, 0.05) is 29.5 Å². The van der Waals surface area contributed by atoms with Gasteiger partial charge in [-0.2, -0.15) is 0 Å². The van der Waals surface area contributed by atoms with Crippen molar-refractivity contribution in [2.45, 2.75) is 6.54 Å². The van der Waals surface area contributed by atoms with Crippen molar-refractivity contribution in [2.75, 3.05) is 16.8 Å². The van der Waals surface area contributed by atoms with Crippen LogP contribution in [0.3, 0.4) is 0 Å². The second kappa shape index (κ2) is 12.1. The Balaban J connectivity index is 1.48. The summed E-state index contributed by atoms with van der Waals surface area (Å²) in [5.74, 6) is -1.49. The monoisotopic (exact) mass is 540 g/mol. The lowest BCUT2D eigenvalue weighted by atomic mass is 9.98. The van der Waals surface area contributed by atoms with Crippen LogP contribution in [0.25, 0.3) is 11.1 Å². The van der Waals surface area contributed by atoms with Gasteiger partial charge in [0.15, 0.2) is 0 Å². The van der Waals surface area contributed by atoms with Crippen LogP contribution >= 0.6 is 0 Å². The summed E-state index contributed by atoms with van der Waals surface area (Å²) in [7, 11) is 1.73. The van der Waals surface area contributed by atoms with Gasteiger partial charge in [-0.05, 0) is 65.2 Å². The maximum Gasteiger partial charge on any atom is 0.335 e. The molecule has 0 atom stereocenters. The Bertz CT molecular complexity index is 1680. The summed E-state index contributed by atoms with van der Waals surface area (Å²) in [6, 6.07) is 39.9. The predicted octanol–water partition coefficient (Wildman–Crippen LogP) is 7.18. The first kappa shape index (κ1) is 27.1. The number of carboxylic acid groups (broad SMARTS) is 1. The number of nitrogens with zero attached hydrogens (tertiary/aromatic N) is 2. The van der Waals surface area contributed by atoms with Crippen LogP contribution in [0.1, 0.15) is 36.6 Å². The zero-order valence-electron chi connectivity index (χ0n) is 22.5. The SMILES string of the molecule is CN(C(=O)c1ccc(CN(C(=O)c2ccccc2-c2ccccc2)c2cccc(C(=O)O)c2)cc1)c1ccccc1. The number of hydrogen-bond acceptors (Lipinski definition) is 3. The molecule has 202 valence electrons. The molecule has 0 fully saturated rings. The predicted molar refractivity (Wildman–Crippen MR) is 161 cm³/mol. The fraction of sp³-hybridized carbons (Fsp3) is 0.0571. The fourth-order valence-corrected chi connectivity index (χ4v) is 4.67. The van der Waals surface area contributed by atoms with E-state index in [4.69, 9.17) is 0 Å². The van der Waals surface area contributed by atoms with Crippen molar-refractivity contribution in [3.05, 3.63) is 156 Å².